The summed E-state index contributed by atoms with van der Waals surface area (Å²) in [6.45, 7) is 10.4. The number of hydrogen-bond donors (Lipinski definition) is 2. The predicted octanol–water partition coefficient (Wildman–Crippen LogP) is 6.39. The van der Waals surface area contributed by atoms with E-state index in [1.807, 2.05) is 62.7 Å². The van der Waals surface area contributed by atoms with Crippen molar-refractivity contribution in [3.63, 3.8) is 0 Å². The molecule has 0 aliphatic heterocycles. The van der Waals surface area contributed by atoms with Gasteiger partial charge in [-0.05, 0) is 68.1 Å². The van der Waals surface area contributed by atoms with Gasteiger partial charge in [-0.15, -0.1) is 0 Å². The molecule has 188 valence electrons. The molecule has 3 rings (SSSR count). The van der Waals surface area contributed by atoms with Crippen molar-refractivity contribution in [2.45, 2.75) is 46.7 Å². The number of nitrogens with one attached hydrogen (secondary N) is 2. The zero-order chi connectivity index (χ0) is 26.1. The van der Waals surface area contributed by atoms with Crippen LogP contribution in [0.4, 0.5) is 11.4 Å². The summed E-state index contributed by atoms with van der Waals surface area (Å²) in [6, 6.07) is 20.1. The number of carbonyl (C=O) groups excluding carboxylic acids is 1. The minimum Gasteiger partial charge on any atom is -0.349 e. The molecule has 0 saturated heterocycles. The number of allylic oxidation sites excluding steroid dienone is 1. The van der Waals surface area contributed by atoms with Crippen LogP contribution in [0.5, 0.6) is 0 Å². The van der Waals surface area contributed by atoms with Gasteiger partial charge >= 0.3 is 0 Å². The highest BCUT2D eigenvalue weighted by Crippen LogP contribution is 2.20. The lowest BCUT2D eigenvalue weighted by Crippen LogP contribution is -2.30. The first-order valence-electron chi connectivity index (χ1n) is 12.4. The Labute approximate surface area is 215 Å². The van der Waals surface area contributed by atoms with Crippen LogP contribution < -0.4 is 15.5 Å². The van der Waals surface area contributed by atoms with E-state index in [4.69, 9.17) is 4.99 Å². The standard InChI is InChI=1S/C30H37N5O/c1-21(2)29(20-35(6)28-13-8-7-9-14-28)32-18-23(4)33-24(5)25-11-10-12-27(16-25)34-30(36)26-15-22(3)17-31-19-26/h7-21,23-24,33H,1-6H3,(H,34,36)/b29-20+,32-18?/t23?,24-/m0/s1. The van der Waals surface area contributed by atoms with Crippen LogP contribution in [-0.2, 0) is 0 Å². The second kappa shape index (κ2) is 12.8. The second-order valence-electron chi connectivity index (χ2n) is 9.44. The maximum Gasteiger partial charge on any atom is 0.257 e. The summed E-state index contributed by atoms with van der Waals surface area (Å²) < 4.78 is 0. The first kappa shape index (κ1) is 26.8. The second-order valence-corrected chi connectivity index (χ2v) is 9.44. The molecule has 36 heavy (non-hydrogen) atoms. The summed E-state index contributed by atoms with van der Waals surface area (Å²) in [4.78, 5) is 23.6. The van der Waals surface area contributed by atoms with Crippen molar-refractivity contribution in [2.75, 3.05) is 17.3 Å². The Morgan fingerprint density at radius 3 is 2.44 bits per heavy atom. The third-order valence-electron chi connectivity index (χ3n) is 5.82. The molecule has 0 aliphatic rings. The van der Waals surface area contributed by atoms with E-state index in [0.29, 0.717) is 11.5 Å². The van der Waals surface area contributed by atoms with E-state index in [0.717, 1.165) is 28.2 Å². The highest BCUT2D eigenvalue weighted by Gasteiger charge is 2.12. The number of aliphatic imine (C=N–C) groups is 1. The van der Waals surface area contributed by atoms with Gasteiger partial charge in [0.25, 0.3) is 5.91 Å². The number of para-hydroxylation sites is 1. The van der Waals surface area contributed by atoms with Crippen LogP contribution >= 0.6 is 0 Å². The lowest BCUT2D eigenvalue weighted by Gasteiger charge is -2.20. The van der Waals surface area contributed by atoms with Gasteiger partial charge in [0.1, 0.15) is 0 Å². The number of amides is 1. The Hall–Kier alpha value is -3.77. The fourth-order valence-electron chi connectivity index (χ4n) is 3.77. The van der Waals surface area contributed by atoms with E-state index in [9.17, 15) is 4.79 Å². The van der Waals surface area contributed by atoms with Gasteiger partial charge in [-0.3, -0.25) is 14.8 Å². The number of hydrogen-bond acceptors (Lipinski definition) is 5. The van der Waals surface area contributed by atoms with Crippen LogP contribution in [-0.4, -0.2) is 30.2 Å². The first-order chi connectivity index (χ1) is 17.2. The van der Waals surface area contributed by atoms with E-state index in [1.54, 1.807) is 12.4 Å². The van der Waals surface area contributed by atoms with Gasteiger partial charge in [0.15, 0.2) is 0 Å². The summed E-state index contributed by atoms with van der Waals surface area (Å²) in [5.41, 5.74) is 5.46. The maximum atomic E-state index is 12.6. The minimum absolute atomic E-state index is 0.0563. The summed E-state index contributed by atoms with van der Waals surface area (Å²) in [6.07, 6.45) is 7.35. The number of pyridine rings is 1. The van der Waals surface area contributed by atoms with Crippen LogP contribution in [0.15, 0.2) is 89.9 Å². The summed E-state index contributed by atoms with van der Waals surface area (Å²) >= 11 is 0. The quantitative estimate of drug-likeness (QED) is 0.328. The lowest BCUT2D eigenvalue weighted by atomic mass is 10.1. The van der Waals surface area contributed by atoms with Crippen molar-refractivity contribution in [1.82, 2.24) is 10.3 Å². The van der Waals surface area contributed by atoms with E-state index in [2.05, 4.69) is 72.6 Å². The highest BCUT2D eigenvalue weighted by molar-refractivity contribution is 6.04. The Kier molecular flexibility index (Phi) is 9.53. The molecule has 6 nitrogen and oxygen atoms in total. The lowest BCUT2D eigenvalue weighted by molar-refractivity contribution is 0.102. The molecule has 1 amide bonds. The number of rotatable bonds is 10. The molecule has 0 bridgehead atoms. The van der Waals surface area contributed by atoms with Crippen LogP contribution in [0, 0.1) is 12.8 Å². The Balaban J connectivity index is 1.63. The zero-order valence-electron chi connectivity index (χ0n) is 22.1. The number of aromatic nitrogens is 1. The Bertz CT molecular complexity index is 1200. The SMILES string of the molecule is Cc1cncc(C(=O)Nc2cccc([C@H](C)NC(C)C=N/C(=C/N(C)c3ccccc3)C(C)C)c2)c1. The van der Waals surface area contributed by atoms with Crippen molar-refractivity contribution >= 4 is 23.5 Å². The number of nitrogens with zero attached hydrogens (tertiary/aromatic N) is 3. The Morgan fingerprint density at radius 1 is 1.00 bits per heavy atom. The average Bonchev–Trinajstić information content (AvgIpc) is 2.86. The molecule has 6 heteroatoms. The molecule has 2 atom stereocenters. The van der Waals surface area contributed by atoms with E-state index in [-0.39, 0.29) is 18.0 Å². The molecule has 1 heterocycles. The highest BCUT2D eigenvalue weighted by atomic mass is 16.1. The largest absolute Gasteiger partial charge is 0.349 e. The van der Waals surface area contributed by atoms with Gasteiger partial charge in [0.2, 0.25) is 0 Å². The zero-order valence-corrected chi connectivity index (χ0v) is 22.1. The van der Waals surface area contributed by atoms with E-state index < -0.39 is 0 Å². The molecule has 0 saturated carbocycles. The maximum absolute atomic E-state index is 12.6. The van der Waals surface area contributed by atoms with Gasteiger partial charge in [-0.1, -0.05) is 44.2 Å². The van der Waals surface area contributed by atoms with Crippen LogP contribution in [0.25, 0.3) is 0 Å². The third-order valence-corrected chi connectivity index (χ3v) is 5.82. The van der Waals surface area contributed by atoms with Crippen molar-refractivity contribution in [3.8, 4) is 0 Å². The predicted molar refractivity (Wildman–Crippen MR) is 151 cm³/mol. The number of anilines is 2. The van der Waals surface area contributed by atoms with E-state index >= 15 is 0 Å². The van der Waals surface area contributed by atoms with Gasteiger partial charge in [0, 0.05) is 55.3 Å². The van der Waals surface area contributed by atoms with Crippen LogP contribution in [0.2, 0.25) is 0 Å². The third kappa shape index (κ3) is 7.89. The molecular weight excluding hydrogens is 446 g/mol. The fraction of sp³-hybridized carbons (Fsp3) is 0.300. The van der Waals surface area contributed by atoms with Crippen LogP contribution in [0.3, 0.4) is 0 Å². The molecule has 1 unspecified atom stereocenters. The molecule has 0 aliphatic carbocycles. The summed E-state index contributed by atoms with van der Waals surface area (Å²) in [5, 5.41) is 6.56. The van der Waals surface area contributed by atoms with Crippen molar-refractivity contribution in [2.24, 2.45) is 10.9 Å². The molecule has 0 fully saturated rings. The molecular formula is C30H37N5O. The average molecular weight is 484 g/mol. The summed E-state index contributed by atoms with van der Waals surface area (Å²) in [5.74, 6) is 0.124. The van der Waals surface area contributed by atoms with Gasteiger partial charge in [-0.25, -0.2) is 0 Å². The van der Waals surface area contributed by atoms with Crippen molar-refractivity contribution < 1.29 is 4.79 Å². The monoisotopic (exact) mass is 483 g/mol. The van der Waals surface area contributed by atoms with E-state index in [1.165, 1.54) is 0 Å². The smallest absolute Gasteiger partial charge is 0.257 e. The number of benzene rings is 2. The summed E-state index contributed by atoms with van der Waals surface area (Å²) in [7, 11) is 2.04. The molecule has 1 aromatic heterocycles. The molecule has 0 radical (unpaired) electrons. The van der Waals surface area contributed by atoms with Crippen molar-refractivity contribution in [1.29, 1.82) is 0 Å². The minimum atomic E-state index is -0.169. The molecule has 3 aromatic rings. The molecule has 0 spiro atoms. The van der Waals surface area contributed by atoms with Gasteiger partial charge in [-0.2, -0.15) is 0 Å². The van der Waals surface area contributed by atoms with Gasteiger partial charge in [0.05, 0.1) is 11.3 Å². The van der Waals surface area contributed by atoms with Gasteiger partial charge < -0.3 is 15.5 Å². The van der Waals surface area contributed by atoms with Crippen LogP contribution in [0.1, 0.15) is 55.2 Å². The fourth-order valence-corrected chi connectivity index (χ4v) is 3.77. The number of carbonyl (C=O) groups is 1. The Morgan fingerprint density at radius 2 is 1.75 bits per heavy atom. The normalized spacial score (nSPS) is 13.6. The molecule has 2 N–H and O–H groups in total. The number of aryl methyl sites for hydroxylation is 1. The molecule has 2 aromatic carbocycles. The first-order valence-corrected chi connectivity index (χ1v) is 12.4. The topological polar surface area (TPSA) is 69.6 Å². The van der Waals surface area contributed by atoms with Crippen molar-refractivity contribution in [3.05, 3.63) is 102 Å².